The van der Waals surface area contributed by atoms with Crippen LogP contribution in [-0.2, 0) is 13.5 Å². The van der Waals surface area contributed by atoms with Gasteiger partial charge in [0.2, 0.25) is 5.88 Å². The van der Waals surface area contributed by atoms with Crippen LogP contribution in [0.4, 0.5) is 0 Å². The minimum Gasteiger partial charge on any atom is -0.469 e. The number of ether oxygens (including phenoxy) is 1. The second-order valence-electron chi connectivity index (χ2n) is 5.20. The van der Waals surface area contributed by atoms with Gasteiger partial charge in [-0.15, -0.1) is 0 Å². The summed E-state index contributed by atoms with van der Waals surface area (Å²) >= 11 is 0. The van der Waals surface area contributed by atoms with Gasteiger partial charge in [-0.1, -0.05) is 24.3 Å². The molecule has 0 bridgehead atoms. The number of aromatic nitrogens is 2. The fourth-order valence-electron chi connectivity index (χ4n) is 2.87. The monoisotopic (exact) mass is 267 g/mol. The maximum Gasteiger partial charge on any atom is 0.230 e. The summed E-state index contributed by atoms with van der Waals surface area (Å²) in [6.07, 6.45) is 3.21. The van der Waals surface area contributed by atoms with Crippen LogP contribution < -0.4 is 4.74 Å². The van der Waals surface area contributed by atoms with Crippen LogP contribution in [0.5, 0.6) is 5.88 Å². The fourth-order valence-corrected chi connectivity index (χ4v) is 2.87. The molecule has 2 aromatic rings. The van der Waals surface area contributed by atoms with E-state index in [0.717, 1.165) is 19.3 Å². The molecule has 20 heavy (non-hydrogen) atoms. The van der Waals surface area contributed by atoms with Crippen molar-refractivity contribution in [2.45, 2.75) is 32.3 Å². The molecular formula is C16H17N3O. The lowest BCUT2D eigenvalue weighted by Gasteiger charge is -2.26. The Labute approximate surface area is 118 Å². The number of hydrogen-bond acceptors (Lipinski definition) is 3. The van der Waals surface area contributed by atoms with Gasteiger partial charge in [0.15, 0.2) is 0 Å². The van der Waals surface area contributed by atoms with Crippen LogP contribution in [0.2, 0.25) is 0 Å². The van der Waals surface area contributed by atoms with Crippen molar-refractivity contribution in [3.05, 3.63) is 46.6 Å². The van der Waals surface area contributed by atoms with Crippen LogP contribution in [0.15, 0.2) is 24.3 Å². The number of nitriles is 1. The molecule has 0 saturated carbocycles. The Morgan fingerprint density at radius 1 is 1.40 bits per heavy atom. The second-order valence-corrected chi connectivity index (χ2v) is 5.20. The number of hydrogen-bond donors (Lipinski definition) is 0. The van der Waals surface area contributed by atoms with Gasteiger partial charge < -0.3 is 4.74 Å². The summed E-state index contributed by atoms with van der Waals surface area (Å²) in [6.45, 7) is 1.83. The molecule has 1 aliphatic rings. The van der Waals surface area contributed by atoms with E-state index < -0.39 is 0 Å². The van der Waals surface area contributed by atoms with Gasteiger partial charge in [-0.05, 0) is 37.3 Å². The Morgan fingerprint density at radius 3 is 3.00 bits per heavy atom. The zero-order valence-electron chi connectivity index (χ0n) is 11.8. The smallest absolute Gasteiger partial charge is 0.230 e. The lowest BCUT2D eigenvalue weighted by molar-refractivity contribution is 0.167. The lowest BCUT2D eigenvalue weighted by Crippen LogP contribution is -2.16. The maximum atomic E-state index is 9.25. The summed E-state index contributed by atoms with van der Waals surface area (Å²) in [4.78, 5) is 0. The molecule has 0 amide bonds. The van der Waals surface area contributed by atoms with Crippen LogP contribution in [0.3, 0.4) is 0 Å². The van der Waals surface area contributed by atoms with E-state index in [1.54, 1.807) is 4.68 Å². The van der Waals surface area contributed by atoms with Gasteiger partial charge in [0.1, 0.15) is 17.7 Å². The molecule has 102 valence electrons. The molecule has 1 aromatic heterocycles. The normalized spacial score (nSPS) is 17.4. The molecule has 1 atom stereocenters. The van der Waals surface area contributed by atoms with E-state index in [9.17, 15) is 5.26 Å². The van der Waals surface area contributed by atoms with Gasteiger partial charge in [0, 0.05) is 7.05 Å². The first kappa shape index (κ1) is 12.7. The van der Waals surface area contributed by atoms with Gasteiger partial charge in [0.25, 0.3) is 0 Å². The predicted octanol–water partition coefficient (Wildman–Crippen LogP) is 3.06. The molecule has 0 saturated heterocycles. The minimum atomic E-state index is 0.0156. The van der Waals surface area contributed by atoms with E-state index in [1.165, 1.54) is 11.1 Å². The van der Waals surface area contributed by atoms with E-state index in [2.05, 4.69) is 29.4 Å². The lowest BCUT2D eigenvalue weighted by atomic mass is 9.89. The zero-order valence-corrected chi connectivity index (χ0v) is 11.8. The van der Waals surface area contributed by atoms with Crippen LogP contribution in [0.1, 0.15) is 41.3 Å². The van der Waals surface area contributed by atoms with Gasteiger partial charge in [-0.2, -0.15) is 10.4 Å². The van der Waals surface area contributed by atoms with Crippen molar-refractivity contribution in [2.24, 2.45) is 7.05 Å². The van der Waals surface area contributed by atoms with E-state index >= 15 is 0 Å². The molecule has 0 radical (unpaired) electrons. The third kappa shape index (κ3) is 2.05. The summed E-state index contributed by atoms with van der Waals surface area (Å²) in [6, 6.07) is 10.6. The van der Waals surface area contributed by atoms with Crippen molar-refractivity contribution < 1.29 is 4.74 Å². The van der Waals surface area contributed by atoms with Crippen molar-refractivity contribution in [1.29, 1.82) is 5.26 Å². The van der Waals surface area contributed by atoms with Crippen LogP contribution in [0.25, 0.3) is 0 Å². The molecular weight excluding hydrogens is 250 g/mol. The standard InChI is InChI=1S/C16H17N3O/c1-11-14(10-17)16(19(2)18-11)20-15-9-5-7-12-6-3-4-8-13(12)15/h3-4,6,8,15H,5,7,9H2,1-2H3. The molecule has 1 aromatic carbocycles. The highest BCUT2D eigenvalue weighted by molar-refractivity contribution is 5.43. The highest BCUT2D eigenvalue weighted by Gasteiger charge is 2.24. The quantitative estimate of drug-likeness (QED) is 0.840. The highest BCUT2D eigenvalue weighted by atomic mass is 16.5. The van der Waals surface area contributed by atoms with Crippen LogP contribution in [0, 0.1) is 18.3 Å². The van der Waals surface area contributed by atoms with Crippen molar-refractivity contribution >= 4 is 0 Å². The zero-order chi connectivity index (χ0) is 14.1. The van der Waals surface area contributed by atoms with Gasteiger partial charge in [-0.25, -0.2) is 4.68 Å². The number of fused-ring (bicyclic) bond motifs is 1. The minimum absolute atomic E-state index is 0.0156. The van der Waals surface area contributed by atoms with E-state index in [1.807, 2.05) is 20.0 Å². The predicted molar refractivity (Wildman–Crippen MR) is 75.4 cm³/mol. The Bertz CT molecular complexity index is 682. The highest BCUT2D eigenvalue weighted by Crippen LogP contribution is 2.34. The van der Waals surface area contributed by atoms with E-state index in [-0.39, 0.29) is 6.10 Å². The van der Waals surface area contributed by atoms with Gasteiger partial charge in [0.05, 0.1) is 5.69 Å². The van der Waals surface area contributed by atoms with Crippen molar-refractivity contribution in [3.63, 3.8) is 0 Å². The van der Waals surface area contributed by atoms with Crippen molar-refractivity contribution in [3.8, 4) is 11.9 Å². The molecule has 3 rings (SSSR count). The molecule has 4 heteroatoms. The maximum absolute atomic E-state index is 9.25. The molecule has 0 aliphatic heterocycles. The number of benzene rings is 1. The van der Waals surface area contributed by atoms with E-state index in [0.29, 0.717) is 17.1 Å². The molecule has 0 spiro atoms. The fraction of sp³-hybridized carbons (Fsp3) is 0.375. The van der Waals surface area contributed by atoms with Crippen molar-refractivity contribution in [1.82, 2.24) is 9.78 Å². The SMILES string of the molecule is Cc1nn(C)c(OC2CCCc3ccccc32)c1C#N. The average Bonchev–Trinajstić information content (AvgIpc) is 2.73. The van der Waals surface area contributed by atoms with Crippen LogP contribution >= 0.6 is 0 Å². The summed E-state index contributed by atoms with van der Waals surface area (Å²) in [5, 5.41) is 13.5. The molecule has 1 heterocycles. The molecule has 4 nitrogen and oxygen atoms in total. The summed E-state index contributed by atoms with van der Waals surface area (Å²) < 4.78 is 7.79. The average molecular weight is 267 g/mol. The molecule has 1 aliphatic carbocycles. The second kappa shape index (κ2) is 5.01. The molecule has 1 unspecified atom stereocenters. The summed E-state index contributed by atoms with van der Waals surface area (Å²) in [7, 11) is 1.82. The summed E-state index contributed by atoms with van der Waals surface area (Å²) in [5.41, 5.74) is 3.84. The first-order valence-corrected chi connectivity index (χ1v) is 6.89. The Hall–Kier alpha value is -2.28. The van der Waals surface area contributed by atoms with Crippen molar-refractivity contribution in [2.75, 3.05) is 0 Å². The number of rotatable bonds is 2. The number of nitrogens with zero attached hydrogens (tertiary/aromatic N) is 3. The van der Waals surface area contributed by atoms with Gasteiger partial charge in [-0.3, -0.25) is 0 Å². The Balaban J connectivity index is 1.96. The van der Waals surface area contributed by atoms with Crippen LogP contribution in [-0.4, -0.2) is 9.78 Å². The summed E-state index contributed by atoms with van der Waals surface area (Å²) in [5.74, 6) is 0.576. The van der Waals surface area contributed by atoms with E-state index in [4.69, 9.17) is 4.74 Å². The molecule has 0 fully saturated rings. The Morgan fingerprint density at radius 2 is 2.20 bits per heavy atom. The van der Waals surface area contributed by atoms with Gasteiger partial charge >= 0.3 is 0 Å². The largest absolute Gasteiger partial charge is 0.469 e. The number of aryl methyl sites for hydroxylation is 3. The molecule has 0 N–H and O–H groups in total. The third-order valence-electron chi connectivity index (χ3n) is 3.85. The third-order valence-corrected chi connectivity index (χ3v) is 3.85. The Kier molecular flexibility index (Phi) is 3.19. The first-order chi connectivity index (χ1) is 9.70. The first-order valence-electron chi connectivity index (χ1n) is 6.89. The topological polar surface area (TPSA) is 50.8 Å².